The molecule has 1 aliphatic rings. The number of nitrogens with two attached hydrogens (primary N) is 1. The van der Waals surface area contributed by atoms with Crippen LogP contribution in [0.2, 0.25) is 0 Å². The van der Waals surface area contributed by atoms with Crippen LogP contribution in [0.4, 0.5) is 0 Å². The van der Waals surface area contributed by atoms with Crippen molar-refractivity contribution in [1.82, 2.24) is 5.32 Å². The lowest BCUT2D eigenvalue weighted by atomic mass is 9.79. The number of amides is 1. The maximum Gasteiger partial charge on any atom is 0.227 e. The largest absolute Gasteiger partial charge is 0.381 e. The van der Waals surface area contributed by atoms with Gasteiger partial charge in [0.2, 0.25) is 5.91 Å². The summed E-state index contributed by atoms with van der Waals surface area (Å²) < 4.78 is 5.52. The van der Waals surface area contributed by atoms with Gasteiger partial charge in [-0.3, -0.25) is 4.79 Å². The Balaban J connectivity index is 2.25. The number of carbonyl (C=O) groups is 1. The Labute approximate surface area is 123 Å². The van der Waals surface area contributed by atoms with E-state index >= 15 is 0 Å². The van der Waals surface area contributed by atoms with Crippen molar-refractivity contribution < 1.29 is 9.53 Å². The molecule has 4 nitrogen and oxygen atoms in total. The van der Waals surface area contributed by atoms with Crippen LogP contribution < -0.4 is 11.1 Å². The number of carbonyl (C=O) groups excluding carboxylic acids is 1. The van der Waals surface area contributed by atoms with E-state index in [9.17, 15) is 4.79 Å². The molecule has 4 heteroatoms. The molecule has 0 aromatic heterocycles. The van der Waals surface area contributed by atoms with Gasteiger partial charge in [0, 0.05) is 26.3 Å². The molecule has 0 unspecified atom stereocenters. The van der Waals surface area contributed by atoms with E-state index in [2.05, 4.69) is 19.2 Å². The van der Waals surface area contributed by atoms with Gasteiger partial charge in [-0.2, -0.15) is 0 Å². The van der Waals surface area contributed by atoms with Crippen LogP contribution in [0, 0.1) is 11.3 Å². The fraction of sp³-hybridized carbons (Fsp3) is 0.938. The minimum Gasteiger partial charge on any atom is -0.381 e. The van der Waals surface area contributed by atoms with Gasteiger partial charge in [-0.1, -0.05) is 39.5 Å². The molecule has 0 radical (unpaired) electrons. The highest BCUT2D eigenvalue weighted by Crippen LogP contribution is 2.34. The van der Waals surface area contributed by atoms with E-state index in [0.717, 1.165) is 38.7 Å². The fourth-order valence-corrected chi connectivity index (χ4v) is 2.81. The van der Waals surface area contributed by atoms with Crippen LogP contribution >= 0.6 is 0 Å². The van der Waals surface area contributed by atoms with Crippen LogP contribution in [0.5, 0.6) is 0 Å². The summed E-state index contributed by atoms with van der Waals surface area (Å²) in [6.45, 7) is 6.95. The fourth-order valence-electron chi connectivity index (χ4n) is 2.81. The first kappa shape index (κ1) is 17.4. The van der Waals surface area contributed by atoms with Crippen molar-refractivity contribution in [2.24, 2.45) is 17.1 Å². The first-order valence-electron chi connectivity index (χ1n) is 8.17. The quantitative estimate of drug-likeness (QED) is 0.531. The van der Waals surface area contributed by atoms with Crippen molar-refractivity contribution in [3.05, 3.63) is 0 Å². The molecule has 1 saturated carbocycles. The Morgan fingerprint density at radius 1 is 1.25 bits per heavy atom. The second kappa shape index (κ2) is 9.35. The minimum absolute atomic E-state index is 0.158. The molecule has 3 N–H and O–H groups in total. The highest BCUT2D eigenvalue weighted by atomic mass is 16.5. The van der Waals surface area contributed by atoms with E-state index in [1.807, 2.05) is 0 Å². The molecule has 0 aromatic rings. The Kier molecular flexibility index (Phi) is 8.15. The average molecular weight is 284 g/mol. The molecule has 0 spiro atoms. The number of rotatable bonds is 8. The lowest BCUT2D eigenvalue weighted by Gasteiger charge is -2.29. The highest BCUT2D eigenvalue weighted by Gasteiger charge is 2.36. The Morgan fingerprint density at radius 2 is 1.90 bits per heavy atom. The number of hydrogen-bond acceptors (Lipinski definition) is 3. The Bertz CT molecular complexity index is 272. The van der Waals surface area contributed by atoms with Crippen LogP contribution in [0.25, 0.3) is 0 Å². The molecule has 1 fully saturated rings. The molecule has 1 rings (SSSR count). The van der Waals surface area contributed by atoms with Crippen molar-refractivity contribution >= 4 is 5.91 Å². The zero-order valence-electron chi connectivity index (χ0n) is 13.2. The SMILES string of the molecule is CC(C)COCCCNC(=O)C1(CN)CCCCCC1. The molecule has 0 atom stereocenters. The topological polar surface area (TPSA) is 64.3 Å². The summed E-state index contributed by atoms with van der Waals surface area (Å²) in [5, 5.41) is 3.06. The lowest BCUT2D eigenvalue weighted by Crippen LogP contribution is -2.46. The van der Waals surface area contributed by atoms with Crippen molar-refractivity contribution in [3.8, 4) is 0 Å². The summed E-state index contributed by atoms with van der Waals surface area (Å²) in [5.74, 6) is 0.724. The lowest BCUT2D eigenvalue weighted by molar-refractivity contribution is -0.131. The third-order valence-electron chi connectivity index (χ3n) is 4.14. The molecule has 1 amide bonds. The summed E-state index contributed by atoms with van der Waals surface area (Å²) in [4.78, 5) is 12.4. The number of ether oxygens (including phenoxy) is 1. The first-order valence-corrected chi connectivity index (χ1v) is 8.17. The normalized spacial score (nSPS) is 18.8. The van der Waals surface area contributed by atoms with E-state index in [1.165, 1.54) is 12.8 Å². The van der Waals surface area contributed by atoms with E-state index in [1.54, 1.807) is 0 Å². The molecule has 0 aromatic carbocycles. The maximum absolute atomic E-state index is 12.4. The van der Waals surface area contributed by atoms with Gasteiger partial charge < -0.3 is 15.8 Å². The second-order valence-corrected chi connectivity index (χ2v) is 6.48. The maximum atomic E-state index is 12.4. The standard InChI is InChI=1S/C16H32N2O2/c1-14(2)12-20-11-7-10-18-15(19)16(13-17)8-5-3-4-6-9-16/h14H,3-13,17H2,1-2H3,(H,18,19). The number of nitrogens with one attached hydrogen (secondary N) is 1. The molecular formula is C16H32N2O2. The van der Waals surface area contributed by atoms with Crippen LogP contribution in [0.1, 0.15) is 58.8 Å². The molecule has 20 heavy (non-hydrogen) atoms. The molecule has 0 bridgehead atoms. The molecule has 0 aliphatic heterocycles. The summed E-state index contributed by atoms with van der Waals surface area (Å²) >= 11 is 0. The van der Waals surface area contributed by atoms with Gasteiger partial charge in [-0.15, -0.1) is 0 Å². The molecule has 0 saturated heterocycles. The minimum atomic E-state index is -0.310. The van der Waals surface area contributed by atoms with E-state index < -0.39 is 0 Å². The van der Waals surface area contributed by atoms with Gasteiger partial charge in [-0.05, 0) is 25.2 Å². The third kappa shape index (κ3) is 5.80. The summed E-state index contributed by atoms with van der Waals surface area (Å²) in [7, 11) is 0. The predicted octanol–water partition coefficient (Wildman–Crippen LogP) is 2.46. The molecule has 1 aliphatic carbocycles. The van der Waals surface area contributed by atoms with E-state index in [0.29, 0.717) is 25.6 Å². The van der Waals surface area contributed by atoms with Crippen molar-refractivity contribution in [2.75, 3.05) is 26.3 Å². The van der Waals surface area contributed by atoms with E-state index in [-0.39, 0.29) is 11.3 Å². The predicted molar refractivity (Wildman–Crippen MR) is 82.5 cm³/mol. The van der Waals surface area contributed by atoms with Gasteiger partial charge in [-0.25, -0.2) is 0 Å². The van der Waals surface area contributed by atoms with Gasteiger partial charge in [0.1, 0.15) is 0 Å². The van der Waals surface area contributed by atoms with E-state index in [4.69, 9.17) is 10.5 Å². The molecular weight excluding hydrogens is 252 g/mol. The second-order valence-electron chi connectivity index (χ2n) is 6.48. The van der Waals surface area contributed by atoms with Gasteiger partial charge in [0.25, 0.3) is 0 Å². The summed E-state index contributed by atoms with van der Waals surface area (Å²) in [6.07, 6.45) is 7.48. The molecule has 118 valence electrons. The summed E-state index contributed by atoms with van der Waals surface area (Å²) in [6, 6.07) is 0. The third-order valence-corrected chi connectivity index (χ3v) is 4.14. The van der Waals surface area contributed by atoms with Crippen molar-refractivity contribution in [1.29, 1.82) is 0 Å². The van der Waals surface area contributed by atoms with Crippen molar-refractivity contribution in [3.63, 3.8) is 0 Å². The first-order chi connectivity index (χ1) is 9.60. The van der Waals surface area contributed by atoms with Crippen LogP contribution in [0.3, 0.4) is 0 Å². The smallest absolute Gasteiger partial charge is 0.227 e. The Hall–Kier alpha value is -0.610. The van der Waals surface area contributed by atoms with Crippen LogP contribution in [-0.4, -0.2) is 32.2 Å². The van der Waals surface area contributed by atoms with Crippen LogP contribution in [0.15, 0.2) is 0 Å². The zero-order chi connectivity index (χ0) is 14.8. The van der Waals surface area contributed by atoms with Gasteiger partial charge >= 0.3 is 0 Å². The zero-order valence-corrected chi connectivity index (χ0v) is 13.2. The van der Waals surface area contributed by atoms with Gasteiger partial charge in [0.05, 0.1) is 5.41 Å². The monoisotopic (exact) mass is 284 g/mol. The van der Waals surface area contributed by atoms with Crippen molar-refractivity contribution in [2.45, 2.75) is 58.8 Å². The molecule has 0 heterocycles. The Morgan fingerprint density at radius 3 is 2.45 bits per heavy atom. The summed E-state index contributed by atoms with van der Waals surface area (Å²) in [5.41, 5.74) is 5.60. The number of hydrogen-bond donors (Lipinski definition) is 2. The van der Waals surface area contributed by atoms with Gasteiger partial charge in [0.15, 0.2) is 0 Å². The average Bonchev–Trinajstić information content (AvgIpc) is 2.68. The van der Waals surface area contributed by atoms with Crippen LogP contribution in [-0.2, 0) is 9.53 Å². The highest BCUT2D eigenvalue weighted by molar-refractivity contribution is 5.82.